The Kier molecular flexibility index (Phi) is 7.31. The van der Waals surface area contributed by atoms with E-state index in [1.165, 1.54) is 97.8 Å². The number of rotatable bonds is 8. The van der Waals surface area contributed by atoms with E-state index >= 15 is 0 Å². The number of pyridine rings is 1. The molecule has 0 saturated heterocycles. The highest BCUT2D eigenvalue weighted by Crippen LogP contribution is 2.63. The summed E-state index contributed by atoms with van der Waals surface area (Å²) >= 11 is 0. The molecule has 6 aromatic carbocycles. The van der Waals surface area contributed by atoms with Crippen LogP contribution < -0.4 is 0 Å². The quantitative estimate of drug-likeness (QED) is 0.163. The van der Waals surface area contributed by atoms with Crippen LogP contribution in [0.4, 0.5) is 0 Å². The van der Waals surface area contributed by atoms with E-state index in [0.29, 0.717) is 0 Å². The van der Waals surface area contributed by atoms with Gasteiger partial charge < -0.3 is 0 Å². The fourth-order valence-corrected chi connectivity index (χ4v) is 8.78. The largest absolute Gasteiger partial charge is 0.248 e. The van der Waals surface area contributed by atoms with Crippen LogP contribution in [0.15, 0.2) is 140 Å². The van der Waals surface area contributed by atoms with Crippen LogP contribution in [0, 0.1) is 0 Å². The molecular formula is C48H41N. The second-order valence-electron chi connectivity index (χ2n) is 14.0. The summed E-state index contributed by atoms with van der Waals surface area (Å²) in [6, 6.07) is 52.6. The molecule has 0 saturated carbocycles. The van der Waals surface area contributed by atoms with E-state index in [0.717, 1.165) is 29.6 Å². The molecule has 0 radical (unpaired) electrons. The molecule has 0 amide bonds. The van der Waals surface area contributed by atoms with Gasteiger partial charge in [0, 0.05) is 10.9 Å². The highest BCUT2D eigenvalue weighted by Gasteiger charge is 2.51. The summed E-state index contributed by atoms with van der Waals surface area (Å²) < 4.78 is 0. The summed E-state index contributed by atoms with van der Waals surface area (Å²) in [6.07, 6.45) is 7.07. The summed E-state index contributed by atoms with van der Waals surface area (Å²) in [7, 11) is 0. The van der Waals surface area contributed by atoms with Crippen molar-refractivity contribution in [3.63, 3.8) is 0 Å². The Morgan fingerprint density at radius 3 is 1.57 bits per heavy atom. The second kappa shape index (κ2) is 12.0. The van der Waals surface area contributed by atoms with Crippen molar-refractivity contribution in [1.29, 1.82) is 0 Å². The normalized spacial score (nSPS) is 13.3. The summed E-state index contributed by atoms with van der Waals surface area (Å²) in [5.74, 6) is 0. The highest BCUT2D eigenvalue weighted by molar-refractivity contribution is 5.99. The maximum atomic E-state index is 5.35. The van der Waals surface area contributed by atoms with Crippen molar-refractivity contribution in [2.24, 2.45) is 0 Å². The standard InChI is InChI=1S/C48H41N/c1-3-5-15-32-27-33(16-6-4-2)29-35(28-32)41-31-47(49-46-24-14-10-20-40(41)46)34-25-26-39-38-19-9-13-23-44(38)48(45(39)30-34)42-21-11-7-17-36(42)37-18-8-12-22-43(37)48/h7-14,17-31H,3-6,15-16H2,1-2H3. The minimum absolute atomic E-state index is 0.364. The third-order valence-electron chi connectivity index (χ3n) is 11.0. The summed E-state index contributed by atoms with van der Waals surface area (Å²) in [5.41, 5.74) is 19.1. The Labute approximate surface area is 290 Å². The summed E-state index contributed by atoms with van der Waals surface area (Å²) in [6.45, 7) is 4.57. The van der Waals surface area contributed by atoms with Crippen molar-refractivity contribution in [1.82, 2.24) is 4.98 Å². The van der Waals surface area contributed by atoms with E-state index in [1.54, 1.807) is 0 Å². The Hall–Kier alpha value is -5.27. The molecule has 0 fully saturated rings. The van der Waals surface area contributed by atoms with E-state index in [2.05, 4.69) is 153 Å². The molecule has 1 heterocycles. The third kappa shape index (κ3) is 4.63. The number of unbranched alkanes of at least 4 members (excludes halogenated alkanes) is 2. The maximum absolute atomic E-state index is 5.35. The van der Waals surface area contributed by atoms with Crippen molar-refractivity contribution >= 4 is 10.9 Å². The average molecular weight is 632 g/mol. The molecule has 0 N–H and O–H groups in total. The van der Waals surface area contributed by atoms with Crippen LogP contribution in [-0.2, 0) is 18.3 Å². The smallest absolute Gasteiger partial charge is 0.0725 e. The molecule has 0 atom stereocenters. The number of fused-ring (bicyclic) bond motifs is 11. The van der Waals surface area contributed by atoms with Gasteiger partial charge in [0.25, 0.3) is 0 Å². The molecule has 0 aliphatic heterocycles. The zero-order chi connectivity index (χ0) is 33.0. The lowest BCUT2D eigenvalue weighted by atomic mass is 9.70. The first kappa shape index (κ1) is 29.8. The second-order valence-corrected chi connectivity index (χ2v) is 14.0. The molecule has 238 valence electrons. The van der Waals surface area contributed by atoms with Gasteiger partial charge in [0.15, 0.2) is 0 Å². The summed E-state index contributed by atoms with van der Waals surface area (Å²) in [4.78, 5) is 5.35. The van der Waals surface area contributed by atoms with Crippen LogP contribution >= 0.6 is 0 Å². The maximum Gasteiger partial charge on any atom is 0.0725 e. The first-order valence-corrected chi connectivity index (χ1v) is 18.2. The average Bonchev–Trinajstić information content (AvgIpc) is 3.63. The lowest BCUT2D eigenvalue weighted by molar-refractivity contribution is 0.781. The van der Waals surface area contributed by atoms with Crippen molar-refractivity contribution < 1.29 is 0 Å². The van der Waals surface area contributed by atoms with Gasteiger partial charge in [0.2, 0.25) is 0 Å². The molecule has 9 rings (SSSR count). The van der Waals surface area contributed by atoms with Gasteiger partial charge >= 0.3 is 0 Å². The van der Waals surface area contributed by atoms with Gasteiger partial charge in [-0.1, -0.05) is 148 Å². The molecule has 2 aliphatic carbocycles. The van der Waals surface area contributed by atoms with Crippen LogP contribution in [0.5, 0.6) is 0 Å². The molecule has 1 nitrogen and oxygen atoms in total. The van der Waals surface area contributed by atoms with E-state index in [9.17, 15) is 0 Å². The topological polar surface area (TPSA) is 12.9 Å². The molecule has 2 aliphatic rings. The van der Waals surface area contributed by atoms with E-state index < -0.39 is 0 Å². The first-order chi connectivity index (χ1) is 24.2. The first-order valence-electron chi connectivity index (χ1n) is 18.2. The third-order valence-corrected chi connectivity index (χ3v) is 11.0. The van der Waals surface area contributed by atoms with Crippen molar-refractivity contribution in [3.8, 4) is 44.6 Å². The lowest BCUT2D eigenvalue weighted by Gasteiger charge is -2.30. The number of hydrogen-bond donors (Lipinski definition) is 0. The fraction of sp³-hybridized carbons (Fsp3) is 0.188. The molecular weight excluding hydrogens is 591 g/mol. The SMILES string of the molecule is CCCCc1cc(CCCC)cc(-c2cc(-c3ccc4c(c3)C3(c5ccccc5-c5ccccc53)c3ccccc3-4)nc3ccccc23)c1. The Morgan fingerprint density at radius 1 is 0.449 bits per heavy atom. The summed E-state index contributed by atoms with van der Waals surface area (Å²) in [5, 5.41) is 1.21. The van der Waals surface area contributed by atoms with Crippen LogP contribution in [0.3, 0.4) is 0 Å². The van der Waals surface area contributed by atoms with Gasteiger partial charge in [-0.2, -0.15) is 0 Å². The minimum atomic E-state index is -0.364. The zero-order valence-corrected chi connectivity index (χ0v) is 28.5. The Bertz CT molecular complexity index is 2290. The number of para-hydroxylation sites is 1. The molecule has 1 aromatic heterocycles. The number of benzene rings is 6. The van der Waals surface area contributed by atoms with Crippen molar-refractivity contribution in [2.75, 3.05) is 0 Å². The Morgan fingerprint density at radius 2 is 0.980 bits per heavy atom. The van der Waals surface area contributed by atoms with Gasteiger partial charge in [0.1, 0.15) is 0 Å². The van der Waals surface area contributed by atoms with Gasteiger partial charge in [-0.15, -0.1) is 0 Å². The van der Waals surface area contributed by atoms with Crippen LogP contribution in [0.25, 0.3) is 55.5 Å². The minimum Gasteiger partial charge on any atom is -0.248 e. The van der Waals surface area contributed by atoms with Crippen molar-refractivity contribution in [3.05, 3.63) is 173 Å². The highest BCUT2D eigenvalue weighted by atomic mass is 14.7. The van der Waals surface area contributed by atoms with Gasteiger partial charge in [-0.3, -0.25) is 0 Å². The van der Waals surface area contributed by atoms with Gasteiger partial charge in [-0.25, -0.2) is 4.98 Å². The number of hydrogen-bond acceptors (Lipinski definition) is 1. The molecule has 49 heavy (non-hydrogen) atoms. The van der Waals surface area contributed by atoms with E-state index in [4.69, 9.17) is 4.98 Å². The zero-order valence-electron chi connectivity index (χ0n) is 28.5. The van der Waals surface area contributed by atoms with Crippen LogP contribution in [-0.4, -0.2) is 4.98 Å². The van der Waals surface area contributed by atoms with Crippen LogP contribution in [0.2, 0.25) is 0 Å². The molecule has 1 spiro atoms. The predicted molar refractivity (Wildman–Crippen MR) is 206 cm³/mol. The number of aryl methyl sites for hydroxylation is 2. The monoisotopic (exact) mass is 631 g/mol. The Balaban J connectivity index is 1.27. The molecule has 7 aromatic rings. The number of aromatic nitrogens is 1. The molecule has 0 unspecified atom stereocenters. The van der Waals surface area contributed by atoms with Gasteiger partial charge in [0.05, 0.1) is 16.6 Å². The van der Waals surface area contributed by atoms with Crippen LogP contribution in [0.1, 0.15) is 72.9 Å². The van der Waals surface area contributed by atoms with Crippen molar-refractivity contribution in [2.45, 2.75) is 57.8 Å². The molecule has 0 bridgehead atoms. The lowest BCUT2D eigenvalue weighted by Crippen LogP contribution is -2.25. The predicted octanol–water partition coefficient (Wildman–Crippen LogP) is 12.6. The van der Waals surface area contributed by atoms with Gasteiger partial charge in [-0.05, 0) is 111 Å². The fourth-order valence-electron chi connectivity index (χ4n) is 8.78. The molecule has 1 heteroatoms. The number of nitrogens with zero attached hydrogens (tertiary/aromatic N) is 1. The van der Waals surface area contributed by atoms with E-state index in [1.807, 2.05) is 0 Å². The van der Waals surface area contributed by atoms with E-state index in [-0.39, 0.29) is 5.41 Å².